The monoisotopic (exact) mass is 416 g/mol. The maximum absolute atomic E-state index is 13.1. The van der Waals surface area contributed by atoms with Crippen LogP contribution in [-0.4, -0.2) is 38.3 Å². The molecule has 2 aromatic carbocycles. The minimum absolute atomic E-state index is 0.142. The smallest absolute Gasteiger partial charge is 0.243 e. The Kier molecular flexibility index (Phi) is 6.59. The lowest BCUT2D eigenvalue weighted by molar-refractivity contribution is -0.120. The highest BCUT2D eigenvalue weighted by Crippen LogP contribution is 2.28. The van der Waals surface area contributed by atoms with Crippen LogP contribution in [0.1, 0.15) is 30.9 Å². The predicted octanol–water partition coefficient (Wildman–Crippen LogP) is 3.74. The minimum atomic E-state index is -3.66. The van der Waals surface area contributed by atoms with E-state index in [0.717, 1.165) is 16.8 Å². The van der Waals surface area contributed by atoms with Gasteiger partial charge in [-0.2, -0.15) is 4.31 Å². The van der Waals surface area contributed by atoms with Crippen molar-refractivity contribution < 1.29 is 17.9 Å². The molecule has 1 aliphatic rings. The Bertz CT molecular complexity index is 971. The molecule has 0 spiro atoms. The molecule has 1 atom stereocenters. The molecule has 0 saturated carbocycles. The van der Waals surface area contributed by atoms with E-state index < -0.39 is 10.0 Å². The fourth-order valence-corrected chi connectivity index (χ4v) is 5.11. The van der Waals surface area contributed by atoms with Crippen molar-refractivity contribution in [1.82, 2.24) is 4.31 Å². The summed E-state index contributed by atoms with van der Waals surface area (Å²) >= 11 is 0. The van der Waals surface area contributed by atoms with Crippen molar-refractivity contribution in [3.05, 3.63) is 53.6 Å². The van der Waals surface area contributed by atoms with Crippen LogP contribution in [0.25, 0.3) is 0 Å². The van der Waals surface area contributed by atoms with Gasteiger partial charge in [0.15, 0.2) is 0 Å². The molecule has 1 fully saturated rings. The maximum atomic E-state index is 13.1. The molecular weight excluding hydrogens is 388 g/mol. The summed E-state index contributed by atoms with van der Waals surface area (Å²) in [5.41, 5.74) is 2.62. The molecule has 156 valence electrons. The number of anilines is 1. The van der Waals surface area contributed by atoms with Crippen LogP contribution in [-0.2, 0) is 14.8 Å². The molecule has 0 aromatic heterocycles. The first-order chi connectivity index (χ1) is 13.8. The molecule has 0 radical (unpaired) electrons. The molecule has 2 aromatic rings. The lowest BCUT2D eigenvalue weighted by Crippen LogP contribution is -2.43. The van der Waals surface area contributed by atoms with Crippen LogP contribution in [0, 0.1) is 19.8 Å². The van der Waals surface area contributed by atoms with E-state index in [2.05, 4.69) is 5.32 Å². The van der Waals surface area contributed by atoms with Crippen LogP contribution < -0.4 is 10.1 Å². The Balaban J connectivity index is 1.72. The Morgan fingerprint density at radius 1 is 1.17 bits per heavy atom. The number of carbonyl (C=O) groups excluding carboxylic acids is 1. The lowest BCUT2D eigenvalue weighted by Gasteiger charge is -2.31. The van der Waals surface area contributed by atoms with Crippen molar-refractivity contribution in [1.29, 1.82) is 0 Å². The predicted molar refractivity (Wildman–Crippen MR) is 114 cm³/mol. The highest BCUT2D eigenvalue weighted by Gasteiger charge is 2.33. The van der Waals surface area contributed by atoms with Gasteiger partial charge in [-0.25, -0.2) is 8.42 Å². The average molecular weight is 417 g/mol. The maximum Gasteiger partial charge on any atom is 0.243 e. The zero-order valence-electron chi connectivity index (χ0n) is 17.1. The molecule has 1 N–H and O–H groups in total. The summed E-state index contributed by atoms with van der Waals surface area (Å²) in [5.74, 6) is 0.167. The molecule has 1 saturated heterocycles. The van der Waals surface area contributed by atoms with E-state index >= 15 is 0 Å². The van der Waals surface area contributed by atoms with Crippen molar-refractivity contribution >= 4 is 21.6 Å². The molecule has 3 rings (SSSR count). The summed E-state index contributed by atoms with van der Waals surface area (Å²) in [5, 5.41) is 2.90. The number of hydrogen-bond donors (Lipinski definition) is 1. The van der Waals surface area contributed by atoms with Crippen LogP contribution in [0.2, 0.25) is 0 Å². The van der Waals surface area contributed by atoms with Gasteiger partial charge in [-0.05, 0) is 69.5 Å². The highest BCUT2D eigenvalue weighted by atomic mass is 32.2. The van der Waals surface area contributed by atoms with Gasteiger partial charge < -0.3 is 10.1 Å². The Hall–Kier alpha value is -2.38. The van der Waals surface area contributed by atoms with Crippen LogP contribution in [0.3, 0.4) is 0 Å². The van der Waals surface area contributed by atoms with Gasteiger partial charge >= 0.3 is 0 Å². The fourth-order valence-electron chi connectivity index (χ4n) is 3.50. The molecule has 6 nitrogen and oxygen atoms in total. The zero-order valence-corrected chi connectivity index (χ0v) is 18.0. The van der Waals surface area contributed by atoms with Gasteiger partial charge in [-0.3, -0.25) is 4.79 Å². The van der Waals surface area contributed by atoms with E-state index in [-0.39, 0.29) is 23.3 Å². The van der Waals surface area contributed by atoms with Crippen molar-refractivity contribution in [3.63, 3.8) is 0 Å². The number of nitrogens with zero attached hydrogens (tertiary/aromatic N) is 1. The number of sulfonamides is 1. The number of benzene rings is 2. The molecule has 1 amide bonds. The lowest BCUT2D eigenvalue weighted by atomic mass is 9.98. The Morgan fingerprint density at radius 2 is 1.90 bits per heavy atom. The molecule has 1 aliphatic heterocycles. The molecule has 0 unspecified atom stereocenters. The van der Waals surface area contributed by atoms with Crippen LogP contribution in [0.5, 0.6) is 5.75 Å². The second-order valence-corrected chi connectivity index (χ2v) is 9.36. The highest BCUT2D eigenvalue weighted by molar-refractivity contribution is 7.89. The standard InChI is InChI=1S/C22H28N2O4S/c1-4-28-21-12-11-20(14-17(21)3)29(26,27)24-13-5-6-18(15-24)22(25)23-19-9-7-16(2)8-10-19/h7-12,14,18H,4-6,13,15H2,1-3H3,(H,23,25)/t18-/m0/s1. The number of ether oxygens (including phenoxy) is 1. The normalized spacial score (nSPS) is 17.7. The van der Waals surface area contributed by atoms with E-state index in [1.54, 1.807) is 18.2 Å². The summed E-state index contributed by atoms with van der Waals surface area (Å²) in [7, 11) is -3.66. The third kappa shape index (κ3) is 4.97. The molecule has 0 aliphatic carbocycles. The largest absolute Gasteiger partial charge is 0.494 e. The quantitative estimate of drug-likeness (QED) is 0.778. The first kappa shape index (κ1) is 21.3. The van der Waals surface area contributed by atoms with Gasteiger partial charge in [0.25, 0.3) is 0 Å². The topological polar surface area (TPSA) is 75.7 Å². The van der Waals surface area contributed by atoms with E-state index in [0.29, 0.717) is 31.7 Å². The van der Waals surface area contributed by atoms with Crippen molar-refractivity contribution in [2.24, 2.45) is 5.92 Å². The summed E-state index contributed by atoms with van der Waals surface area (Å²) in [6.45, 7) is 6.84. The number of aryl methyl sites for hydroxylation is 2. The average Bonchev–Trinajstić information content (AvgIpc) is 2.71. The van der Waals surface area contributed by atoms with Crippen molar-refractivity contribution in [3.8, 4) is 5.75 Å². The van der Waals surface area contributed by atoms with Gasteiger partial charge in [0.05, 0.1) is 17.4 Å². The van der Waals surface area contributed by atoms with E-state index in [4.69, 9.17) is 4.74 Å². The van der Waals surface area contributed by atoms with Crippen LogP contribution in [0.15, 0.2) is 47.4 Å². The second kappa shape index (κ2) is 8.97. The SMILES string of the molecule is CCOc1ccc(S(=O)(=O)N2CCC[C@H](C(=O)Nc3ccc(C)cc3)C2)cc1C. The summed E-state index contributed by atoms with van der Waals surface area (Å²) in [6, 6.07) is 12.5. The van der Waals surface area contributed by atoms with Crippen molar-refractivity contribution in [2.45, 2.75) is 38.5 Å². The number of hydrogen-bond acceptors (Lipinski definition) is 4. The zero-order chi connectivity index (χ0) is 21.0. The van der Waals surface area contributed by atoms with E-state index in [1.165, 1.54) is 4.31 Å². The van der Waals surface area contributed by atoms with E-state index in [9.17, 15) is 13.2 Å². The van der Waals surface area contributed by atoms with Crippen LogP contribution >= 0.6 is 0 Å². The van der Waals surface area contributed by atoms with Gasteiger partial charge in [0, 0.05) is 18.8 Å². The molecule has 1 heterocycles. The van der Waals surface area contributed by atoms with Gasteiger partial charge in [-0.15, -0.1) is 0 Å². The Labute approximate surface area is 172 Å². The van der Waals surface area contributed by atoms with Gasteiger partial charge in [-0.1, -0.05) is 17.7 Å². The minimum Gasteiger partial charge on any atom is -0.494 e. The number of nitrogens with one attached hydrogen (secondary N) is 1. The number of carbonyl (C=O) groups is 1. The summed E-state index contributed by atoms with van der Waals surface area (Å²) in [6.07, 6.45) is 1.33. The first-order valence-corrected chi connectivity index (χ1v) is 11.4. The summed E-state index contributed by atoms with van der Waals surface area (Å²) in [4.78, 5) is 12.9. The molecule has 7 heteroatoms. The third-order valence-corrected chi connectivity index (χ3v) is 7.02. The number of piperidine rings is 1. The van der Waals surface area contributed by atoms with Crippen LogP contribution in [0.4, 0.5) is 5.69 Å². The summed E-state index contributed by atoms with van der Waals surface area (Å²) < 4.78 is 33.2. The van der Waals surface area contributed by atoms with Crippen molar-refractivity contribution in [2.75, 3.05) is 25.0 Å². The second-order valence-electron chi connectivity index (χ2n) is 7.42. The van der Waals surface area contributed by atoms with Gasteiger partial charge in [0.1, 0.15) is 5.75 Å². The fraction of sp³-hybridized carbons (Fsp3) is 0.409. The molecule has 0 bridgehead atoms. The first-order valence-electron chi connectivity index (χ1n) is 9.92. The van der Waals surface area contributed by atoms with Gasteiger partial charge in [0.2, 0.25) is 15.9 Å². The number of amides is 1. The molecule has 29 heavy (non-hydrogen) atoms. The Morgan fingerprint density at radius 3 is 2.55 bits per heavy atom. The number of rotatable bonds is 6. The molecular formula is C22H28N2O4S. The van der Waals surface area contributed by atoms with E-state index in [1.807, 2.05) is 45.0 Å². The third-order valence-electron chi connectivity index (χ3n) is 5.16.